The van der Waals surface area contributed by atoms with Gasteiger partial charge in [0.05, 0.1) is 0 Å². The number of nitrogens with zero attached hydrogens (tertiary/aromatic N) is 1. The van der Waals surface area contributed by atoms with Crippen LogP contribution in [0.5, 0.6) is 0 Å². The molecule has 4 heteroatoms. The average Bonchev–Trinajstić information content (AvgIpc) is 2.90. The minimum Gasteiger partial charge on any atom is -0.480 e. The molecule has 1 heterocycles. The second kappa shape index (κ2) is 5.48. The number of pyridine rings is 1. The molecule has 0 aromatic carbocycles. The number of aromatic nitrogens is 1. The Kier molecular flexibility index (Phi) is 3.97. The molecule has 1 fully saturated rings. The monoisotopic (exact) mass is 248 g/mol. The largest absolute Gasteiger partial charge is 0.480 e. The van der Waals surface area contributed by atoms with Crippen LogP contribution in [0.25, 0.3) is 0 Å². The van der Waals surface area contributed by atoms with Crippen molar-refractivity contribution in [3.05, 3.63) is 30.1 Å². The average molecular weight is 248 g/mol. The smallest absolute Gasteiger partial charge is 0.328 e. The molecule has 0 radical (unpaired) electrons. The van der Waals surface area contributed by atoms with E-state index >= 15 is 0 Å². The summed E-state index contributed by atoms with van der Waals surface area (Å²) in [5, 5.41) is 12.7. The number of carboxylic acid groups (broad SMARTS) is 1. The van der Waals surface area contributed by atoms with Crippen molar-refractivity contribution in [2.75, 3.05) is 6.54 Å². The van der Waals surface area contributed by atoms with Gasteiger partial charge in [0, 0.05) is 12.4 Å². The molecule has 1 aromatic rings. The Morgan fingerprint density at radius 2 is 2.06 bits per heavy atom. The summed E-state index contributed by atoms with van der Waals surface area (Å²) in [6.45, 7) is 2.49. The van der Waals surface area contributed by atoms with Crippen LogP contribution in [0, 0.1) is 5.92 Å². The highest BCUT2D eigenvalue weighted by molar-refractivity contribution is 5.80. The molecule has 0 saturated heterocycles. The van der Waals surface area contributed by atoms with Gasteiger partial charge in [0.1, 0.15) is 5.54 Å². The van der Waals surface area contributed by atoms with E-state index in [4.69, 9.17) is 0 Å². The number of hydrogen-bond donors (Lipinski definition) is 2. The first-order valence-corrected chi connectivity index (χ1v) is 6.52. The quantitative estimate of drug-likeness (QED) is 0.838. The van der Waals surface area contributed by atoms with Crippen LogP contribution in [0.2, 0.25) is 0 Å². The fraction of sp³-hybridized carbons (Fsp3) is 0.571. The molecule has 1 aliphatic rings. The van der Waals surface area contributed by atoms with E-state index in [-0.39, 0.29) is 0 Å². The standard InChI is InChI=1S/C14H20N2O2/c1-14(13(17)18,12-6-8-15-9-7-12)16-10-11-4-2-3-5-11/h6-9,11,16H,2-5,10H2,1H3,(H,17,18). The Morgan fingerprint density at radius 3 is 2.61 bits per heavy atom. The fourth-order valence-corrected chi connectivity index (χ4v) is 2.55. The lowest BCUT2D eigenvalue weighted by atomic mass is 9.92. The first-order valence-electron chi connectivity index (χ1n) is 6.52. The van der Waals surface area contributed by atoms with Gasteiger partial charge in [-0.1, -0.05) is 12.8 Å². The van der Waals surface area contributed by atoms with Gasteiger partial charge >= 0.3 is 5.97 Å². The third-order valence-electron chi connectivity index (χ3n) is 3.90. The van der Waals surface area contributed by atoms with E-state index in [0.29, 0.717) is 5.92 Å². The number of carbonyl (C=O) groups is 1. The second-order valence-corrected chi connectivity index (χ2v) is 5.20. The summed E-state index contributed by atoms with van der Waals surface area (Å²) >= 11 is 0. The molecule has 98 valence electrons. The number of aliphatic carboxylic acids is 1. The summed E-state index contributed by atoms with van der Waals surface area (Å²) in [5.41, 5.74) is -0.270. The lowest BCUT2D eigenvalue weighted by molar-refractivity contribution is -0.144. The maximum absolute atomic E-state index is 11.5. The highest BCUT2D eigenvalue weighted by atomic mass is 16.4. The van der Waals surface area contributed by atoms with E-state index in [0.717, 1.165) is 12.1 Å². The molecule has 2 rings (SSSR count). The maximum Gasteiger partial charge on any atom is 0.328 e. The lowest BCUT2D eigenvalue weighted by Gasteiger charge is -2.28. The molecular formula is C14H20N2O2. The maximum atomic E-state index is 11.5. The number of hydrogen-bond acceptors (Lipinski definition) is 3. The zero-order valence-corrected chi connectivity index (χ0v) is 10.7. The van der Waals surface area contributed by atoms with Crippen LogP contribution < -0.4 is 5.32 Å². The predicted molar refractivity (Wildman–Crippen MR) is 69.2 cm³/mol. The molecule has 1 aromatic heterocycles. The Hall–Kier alpha value is -1.42. The van der Waals surface area contributed by atoms with Crippen molar-refractivity contribution in [2.45, 2.75) is 38.1 Å². The van der Waals surface area contributed by atoms with Crippen molar-refractivity contribution in [2.24, 2.45) is 5.92 Å². The lowest BCUT2D eigenvalue weighted by Crippen LogP contribution is -2.48. The van der Waals surface area contributed by atoms with Crippen LogP contribution in [0.4, 0.5) is 0 Å². The summed E-state index contributed by atoms with van der Waals surface area (Å²) in [5.74, 6) is -0.225. The van der Waals surface area contributed by atoms with E-state index < -0.39 is 11.5 Å². The van der Waals surface area contributed by atoms with Crippen molar-refractivity contribution < 1.29 is 9.90 Å². The summed E-state index contributed by atoms with van der Waals surface area (Å²) < 4.78 is 0. The van der Waals surface area contributed by atoms with Gasteiger partial charge in [-0.3, -0.25) is 10.3 Å². The predicted octanol–water partition coefficient (Wildman–Crippen LogP) is 2.16. The fourth-order valence-electron chi connectivity index (χ4n) is 2.55. The van der Waals surface area contributed by atoms with Gasteiger partial charge in [-0.05, 0) is 49.9 Å². The molecule has 1 aliphatic carbocycles. The van der Waals surface area contributed by atoms with Gasteiger partial charge in [-0.2, -0.15) is 0 Å². The summed E-state index contributed by atoms with van der Waals surface area (Å²) in [6.07, 6.45) is 8.22. The van der Waals surface area contributed by atoms with E-state index in [2.05, 4.69) is 10.3 Å². The Labute approximate surface area is 107 Å². The minimum atomic E-state index is -1.02. The normalized spacial score (nSPS) is 19.6. The van der Waals surface area contributed by atoms with Gasteiger partial charge < -0.3 is 5.11 Å². The number of carboxylic acids is 1. The molecule has 0 amide bonds. The minimum absolute atomic E-state index is 0.616. The van der Waals surface area contributed by atoms with Crippen LogP contribution in [0.3, 0.4) is 0 Å². The van der Waals surface area contributed by atoms with Gasteiger partial charge in [-0.25, -0.2) is 4.79 Å². The summed E-state index contributed by atoms with van der Waals surface area (Å²) in [6, 6.07) is 3.52. The molecule has 4 nitrogen and oxygen atoms in total. The molecule has 0 aliphatic heterocycles. The Morgan fingerprint density at radius 1 is 1.44 bits per heavy atom. The first-order chi connectivity index (χ1) is 8.63. The van der Waals surface area contributed by atoms with Crippen LogP contribution in [-0.4, -0.2) is 22.6 Å². The van der Waals surface area contributed by atoms with Gasteiger partial charge in [0.25, 0.3) is 0 Å². The van der Waals surface area contributed by atoms with E-state index in [1.54, 1.807) is 31.5 Å². The van der Waals surface area contributed by atoms with E-state index in [9.17, 15) is 9.90 Å². The molecule has 0 bridgehead atoms. The summed E-state index contributed by atoms with van der Waals surface area (Å²) in [7, 11) is 0. The molecular weight excluding hydrogens is 228 g/mol. The van der Waals surface area contributed by atoms with Crippen molar-refractivity contribution >= 4 is 5.97 Å². The van der Waals surface area contributed by atoms with Crippen molar-refractivity contribution in [3.63, 3.8) is 0 Å². The van der Waals surface area contributed by atoms with E-state index in [1.165, 1.54) is 25.7 Å². The summed E-state index contributed by atoms with van der Waals surface area (Å²) in [4.78, 5) is 15.5. The molecule has 1 unspecified atom stereocenters. The zero-order valence-electron chi connectivity index (χ0n) is 10.7. The van der Waals surface area contributed by atoms with Gasteiger partial charge in [-0.15, -0.1) is 0 Å². The second-order valence-electron chi connectivity index (χ2n) is 5.20. The third kappa shape index (κ3) is 2.70. The molecule has 1 atom stereocenters. The Bertz CT molecular complexity index is 402. The van der Waals surface area contributed by atoms with E-state index in [1.807, 2.05) is 0 Å². The molecule has 1 saturated carbocycles. The first kappa shape index (κ1) is 13.0. The number of nitrogens with one attached hydrogen (secondary N) is 1. The van der Waals surface area contributed by atoms with Crippen LogP contribution in [0.1, 0.15) is 38.2 Å². The van der Waals surface area contributed by atoms with Crippen molar-refractivity contribution in [1.29, 1.82) is 0 Å². The van der Waals surface area contributed by atoms with Crippen LogP contribution in [-0.2, 0) is 10.3 Å². The van der Waals surface area contributed by atoms with Crippen molar-refractivity contribution in [1.82, 2.24) is 10.3 Å². The molecule has 18 heavy (non-hydrogen) atoms. The van der Waals surface area contributed by atoms with Crippen molar-refractivity contribution in [3.8, 4) is 0 Å². The molecule has 0 spiro atoms. The highest BCUT2D eigenvalue weighted by Crippen LogP contribution is 2.26. The zero-order chi connectivity index (χ0) is 13.0. The SMILES string of the molecule is CC(NCC1CCCC1)(C(=O)O)c1ccncc1. The highest BCUT2D eigenvalue weighted by Gasteiger charge is 2.35. The topological polar surface area (TPSA) is 62.2 Å². The van der Waals surface area contributed by atoms with Crippen LogP contribution >= 0.6 is 0 Å². The Balaban J connectivity index is 2.09. The number of rotatable bonds is 5. The molecule has 2 N–H and O–H groups in total. The van der Waals surface area contributed by atoms with Gasteiger partial charge in [0.2, 0.25) is 0 Å². The van der Waals surface area contributed by atoms with Gasteiger partial charge in [0.15, 0.2) is 0 Å². The third-order valence-corrected chi connectivity index (χ3v) is 3.90. The van der Waals surface area contributed by atoms with Crippen LogP contribution in [0.15, 0.2) is 24.5 Å².